The zero-order chi connectivity index (χ0) is 22.3. The van der Waals surface area contributed by atoms with Gasteiger partial charge in [0.2, 0.25) is 11.8 Å². The monoisotopic (exact) mass is 433 g/mol. The van der Waals surface area contributed by atoms with Crippen LogP contribution in [0.2, 0.25) is 0 Å². The predicted molar refractivity (Wildman–Crippen MR) is 110 cm³/mol. The second-order valence-electron chi connectivity index (χ2n) is 6.70. The lowest BCUT2D eigenvalue weighted by Crippen LogP contribution is -2.36. The van der Waals surface area contributed by atoms with Crippen molar-refractivity contribution in [3.63, 3.8) is 0 Å². The maximum absolute atomic E-state index is 12.3. The Labute approximate surface area is 177 Å². The molecule has 0 spiro atoms. The molecule has 2 N–H and O–H groups in total. The third kappa shape index (κ3) is 7.02. The van der Waals surface area contributed by atoms with E-state index in [0.29, 0.717) is 36.2 Å². The number of aliphatic imine (C=N–C) groups is 1. The van der Waals surface area contributed by atoms with Crippen LogP contribution in [0.4, 0.5) is 13.2 Å². The highest BCUT2D eigenvalue weighted by Gasteiger charge is 2.28. The van der Waals surface area contributed by atoms with Gasteiger partial charge in [-0.3, -0.25) is 4.99 Å². The molecule has 1 aromatic carbocycles. The van der Waals surface area contributed by atoms with E-state index in [2.05, 4.69) is 30.3 Å². The van der Waals surface area contributed by atoms with E-state index in [0.717, 1.165) is 11.1 Å². The third-order valence-electron chi connectivity index (χ3n) is 4.15. The van der Waals surface area contributed by atoms with Crippen LogP contribution in [0.15, 0.2) is 58.3 Å². The molecule has 10 heteroatoms. The maximum atomic E-state index is 12.3. The Morgan fingerprint density at radius 2 is 1.87 bits per heavy atom. The summed E-state index contributed by atoms with van der Waals surface area (Å²) in [6.45, 7) is 1.32. The van der Waals surface area contributed by atoms with E-state index in [9.17, 15) is 13.2 Å². The van der Waals surface area contributed by atoms with Crippen molar-refractivity contribution >= 4 is 5.96 Å². The summed E-state index contributed by atoms with van der Waals surface area (Å²) in [5, 5.41) is 6.19. The van der Waals surface area contributed by atoms with E-state index in [1.54, 1.807) is 19.4 Å². The number of aryl methyl sites for hydroxylation is 1. The molecule has 31 heavy (non-hydrogen) atoms. The molecule has 7 nitrogen and oxygen atoms in total. The molecule has 3 rings (SSSR count). The number of halogens is 3. The average Bonchev–Trinajstić information content (AvgIpc) is 3.22. The van der Waals surface area contributed by atoms with E-state index in [4.69, 9.17) is 4.42 Å². The summed E-state index contributed by atoms with van der Waals surface area (Å²) >= 11 is 0. The van der Waals surface area contributed by atoms with E-state index in [1.165, 1.54) is 12.3 Å². The molecule has 0 amide bonds. The second-order valence-corrected chi connectivity index (χ2v) is 6.70. The molecule has 0 radical (unpaired) electrons. The lowest BCUT2D eigenvalue weighted by atomic mass is 10.1. The summed E-state index contributed by atoms with van der Waals surface area (Å²) in [6, 6.07) is 11.0. The standard InChI is InChI=1S/C21H22F3N5O2/c1-14-3-5-16(6-4-14)19-29-17(12-30-19)11-28-20(25-2)27-10-15-7-8-26-18(9-15)31-13-21(22,23)24/h3-9,12H,10-11,13H2,1-2H3,(H2,25,27,28). The number of nitrogens with zero attached hydrogens (tertiary/aromatic N) is 3. The van der Waals surface area contributed by atoms with Gasteiger partial charge in [0.05, 0.1) is 12.2 Å². The largest absolute Gasteiger partial charge is 0.468 e. The molecule has 0 fully saturated rings. The van der Waals surface area contributed by atoms with Crippen LogP contribution in [0.3, 0.4) is 0 Å². The molecule has 0 aliphatic heterocycles. The molecule has 0 unspecified atom stereocenters. The SMILES string of the molecule is CN=C(NCc1ccnc(OCC(F)(F)F)c1)NCc1coc(-c2ccc(C)cc2)n1. The van der Waals surface area contributed by atoms with Gasteiger partial charge in [-0.15, -0.1) is 0 Å². The van der Waals surface area contributed by atoms with Gasteiger partial charge in [-0.2, -0.15) is 13.2 Å². The van der Waals surface area contributed by atoms with Gasteiger partial charge in [0.25, 0.3) is 0 Å². The van der Waals surface area contributed by atoms with Gasteiger partial charge in [-0.1, -0.05) is 17.7 Å². The summed E-state index contributed by atoms with van der Waals surface area (Å²) in [7, 11) is 1.61. The normalized spacial score (nSPS) is 12.0. The van der Waals surface area contributed by atoms with Crippen LogP contribution in [0.5, 0.6) is 5.88 Å². The molecule has 0 bridgehead atoms. The van der Waals surface area contributed by atoms with Crippen molar-refractivity contribution in [2.24, 2.45) is 4.99 Å². The van der Waals surface area contributed by atoms with Crippen LogP contribution in [-0.2, 0) is 13.1 Å². The first-order valence-electron chi connectivity index (χ1n) is 9.43. The minimum Gasteiger partial charge on any atom is -0.468 e. The van der Waals surface area contributed by atoms with Crippen molar-refractivity contribution in [1.29, 1.82) is 0 Å². The van der Waals surface area contributed by atoms with Crippen LogP contribution < -0.4 is 15.4 Å². The average molecular weight is 433 g/mol. The molecule has 2 aromatic heterocycles. The third-order valence-corrected chi connectivity index (χ3v) is 4.15. The van der Waals surface area contributed by atoms with Crippen LogP contribution in [0.1, 0.15) is 16.8 Å². The Bertz CT molecular complexity index is 1020. The number of nitrogens with one attached hydrogen (secondary N) is 2. The number of pyridine rings is 1. The topological polar surface area (TPSA) is 84.6 Å². The van der Waals surface area contributed by atoms with E-state index in [1.807, 2.05) is 31.2 Å². The maximum Gasteiger partial charge on any atom is 0.422 e. The smallest absolute Gasteiger partial charge is 0.422 e. The Hall–Kier alpha value is -3.56. The molecule has 2 heterocycles. The fraction of sp³-hybridized carbons (Fsp3) is 0.286. The van der Waals surface area contributed by atoms with Gasteiger partial charge < -0.3 is 19.8 Å². The van der Waals surface area contributed by atoms with Crippen molar-refractivity contribution < 1.29 is 22.3 Å². The van der Waals surface area contributed by atoms with Crippen molar-refractivity contribution in [3.8, 4) is 17.3 Å². The molecule has 0 aliphatic rings. The van der Waals surface area contributed by atoms with Crippen molar-refractivity contribution in [2.75, 3.05) is 13.7 Å². The minimum absolute atomic E-state index is 0.0918. The first-order chi connectivity index (χ1) is 14.8. The molecular formula is C21H22F3N5O2. The van der Waals surface area contributed by atoms with E-state index >= 15 is 0 Å². The quantitative estimate of drug-likeness (QED) is 0.435. The van der Waals surface area contributed by atoms with Crippen LogP contribution in [0, 0.1) is 6.92 Å². The highest BCUT2D eigenvalue weighted by Crippen LogP contribution is 2.19. The van der Waals surface area contributed by atoms with Crippen molar-refractivity contribution in [2.45, 2.75) is 26.2 Å². The molecule has 0 aliphatic carbocycles. The Kier molecular flexibility index (Phi) is 7.11. The Morgan fingerprint density at radius 3 is 2.58 bits per heavy atom. The fourth-order valence-corrected chi connectivity index (χ4v) is 2.59. The van der Waals surface area contributed by atoms with Crippen molar-refractivity contribution in [1.82, 2.24) is 20.6 Å². The summed E-state index contributed by atoms with van der Waals surface area (Å²) < 4.78 is 47.0. The lowest BCUT2D eigenvalue weighted by Gasteiger charge is -2.12. The number of ether oxygens (including phenoxy) is 1. The highest BCUT2D eigenvalue weighted by atomic mass is 19.4. The van der Waals surface area contributed by atoms with Gasteiger partial charge in [0, 0.05) is 31.4 Å². The predicted octanol–water partition coefficient (Wildman–Crippen LogP) is 3.85. The highest BCUT2D eigenvalue weighted by molar-refractivity contribution is 5.79. The molecule has 164 valence electrons. The summed E-state index contributed by atoms with van der Waals surface area (Å²) in [5.74, 6) is 0.933. The van der Waals surface area contributed by atoms with Gasteiger partial charge in [-0.25, -0.2) is 9.97 Å². The second kappa shape index (κ2) is 9.96. The minimum atomic E-state index is -4.41. The first-order valence-corrected chi connectivity index (χ1v) is 9.43. The van der Waals surface area contributed by atoms with Gasteiger partial charge in [0.15, 0.2) is 12.6 Å². The first kappa shape index (κ1) is 22.1. The van der Waals surface area contributed by atoms with Gasteiger partial charge in [-0.05, 0) is 30.7 Å². The van der Waals surface area contributed by atoms with Crippen molar-refractivity contribution in [3.05, 3.63) is 65.7 Å². The summed E-state index contributed by atoms with van der Waals surface area (Å²) in [6.07, 6.45) is -1.45. The molecule has 3 aromatic rings. The Morgan fingerprint density at radius 1 is 1.13 bits per heavy atom. The lowest BCUT2D eigenvalue weighted by molar-refractivity contribution is -0.154. The van der Waals surface area contributed by atoms with Crippen LogP contribution >= 0.6 is 0 Å². The number of oxazole rings is 1. The molecular weight excluding hydrogens is 411 g/mol. The molecule has 0 saturated heterocycles. The number of alkyl halides is 3. The zero-order valence-corrected chi connectivity index (χ0v) is 17.0. The van der Waals surface area contributed by atoms with E-state index in [-0.39, 0.29) is 5.88 Å². The number of guanidine groups is 1. The number of benzene rings is 1. The number of rotatable bonds is 7. The molecule has 0 atom stereocenters. The zero-order valence-electron chi connectivity index (χ0n) is 17.0. The van der Waals surface area contributed by atoms with E-state index < -0.39 is 12.8 Å². The number of aromatic nitrogens is 2. The summed E-state index contributed by atoms with van der Waals surface area (Å²) in [5.41, 5.74) is 3.43. The van der Waals surface area contributed by atoms with Gasteiger partial charge in [0.1, 0.15) is 6.26 Å². The number of hydrogen-bond donors (Lipinski definition) is 2. The fourth-order valence-electron chi connectivity index (χ4n) is 2.59. The Balaban J connectivity index is 1.51. The van der Waals surface area contributed by atoms with Gasteiger partial charge >= 0.3 is 6.18 Å². The summed E-state index contributed by atoms with van der Waals surface area (Å²) in [4.78, 5) is 12.4. The van der Waals surface area contributed by atoms with Crippen LogP contribution in [0.25, 0.3) is 11.5 Å². The van der Waals surface area contributed by atoms with Crippen LogP contribution in [-0.4, -0.2) is 35.8 Å². The molecule has 0 saturated carbocycles. The number of hydrogen-bond acceptors (Lipinski definition) is 5.